The lowest BCUT2D eigenvalue weighted by Crippen LogP contribution is -2.27. The molecule has 0 aliphatic carbocycles. The molecule has 2 aromatic heterocycles. The highest BCUT2D eigenvalue weighted by Crippen LogP contribution is 2.23. The number of anilines is 1. The molecular weight excluding hydrogens is 316 g/mol. The molecule has 2 rings (SSSR count). The molecule has 0 aromatic carbocycles. The number of hydrogen-bond acceptors (Lipinski definition) is 6. The summed E-state index contributed by atoms with van der Waals surface area (Å²) in [5.74, 6) is 6.62. The van der Waals surface area contributed by atoms with Gasteiger partial charge in [-0.05, 0) is 32.0 Å². The van der Waals surface area contributed by atoms with Gasteiger partial charge >= 0.3 is 0 Å². The van der Waals surface area contributed by atoms with Gasteiger partial charge in [-0.3, -0.25) is 0 Å². The normalized spacial score (nSPS) is 13.1. The second-order valence-corrected chi connectivity index (χ2v) is 6.56. The van der Waals surface area contributed by atoms with Crippen molar-refractivity contribution in [1.82, 2.24) is 9.71 Å². The Balaban J connectivity index is 2.24. The second-order valence-electron chi connectivity index (χ2n) is 4.44. The lowest BCUT2D eigenvalue weighted by Gasteiger charge is -2.12. The smallest absolute Gasteiger partial charge is 0.242 e. The summed E-state index contributed by atoms with van der Waals surface area (Å²) in [5, 5.41) is 0.113. The highest BCUT2D eigenvalue weighted by Gasteiger charge is 2.21. The minimum absolute atomic E-state index is 0.0540. The molecule has 114 valence electrons. The fraction of sp³-hybridized carbons (Fsp3) is 0.250. The van der Waals surface area contributed by atoms with E-state index in [1.165, 1.54) is 12.3 Å². The second kappa shape index (κ2) is 6.02. The van der Waals surface area contributed by atoms with Crippen molar-refractivity contribution < 1.29 is 12.8 Å². The van der Waals surface area contributed by atoms with Gasteiger partial charge in [-0.2, -0.15) is 0 Å². The molecule has 9 heteroatoms. The third-order valence-corrected chi connectivity index (χ3v) is 4.58. The molecule has 0 radical (unpaired) electrons. The molecule has 0 amide bonds. The summed E-state index contributed by atoms with van der Waals surface area (Å²) in [5.41, 5.74) is 2.27. The Morgan fingerprint density at radius 1 is 1.43 bits per heavy atom. The zero-order valence-electron chi connectivity index (χ0n) is 11.4. The van der Waals surface area contributed by atoms with Crippen molar-refractivity contribution in [1.29, 1.82) is 0 Å². The van der Waals surface area contributed by atoms with E-state index in [4.69, 9.17) is 21.9 Å². The van der Waals surface area contributed by atoms with Gasteiger partial charge < -0.3 is 9.84 Å². The summed E-state index contributed by atoms with van der Waals surface area (Å²) in [4.78, 5) is 3.78. The number of halogens is 1. The van der Waals surface area contributed by atoms with Crippen LogP contribution in [0.5, 0.6) is 0 Å². The van der Waals surface area contributed by atoms with E-state index < -0.39 is 16.1 Å². The number of nitrogen functional groups attached to an aromatic ring is 1. The molecule has 1 atom stereocenters. The van der Waals surface area contributed by atoms with Crippen LogP contribution < -0.4 is 16.0 Å². The average molecular weight is 331 g/mol. The molecule has 0 bridgehead atoms. The third kappa shape index (κ3) is 3.53. The maximum absolute atomic E-state index is 12.3. The van der Waals surface area contributed by atoms with E-state index in [1.807, 2.05) is 0 Å². The van der Waals surface area contributed by atoms with Crippen molar-refractivity contribution in [3.63, 3.8) is 0 Å². The summed E-state index contributed by atoms with van der Waals surface area (Å²) < 4.78 is 32.4. The van der Waals surface area contributed by atoms with Gasteiger partial charge in [0.2, 0.25) is 10.0 Å². The van der Waals surface area contributed by atoms with Crippen molar-refractivity contribution in [3.8, 4) is 0 Å². The van der Waals surface area contributed by atoms with E-state index in [9.17, 15) is 8.42 Å². The molecule has 4 N–H and O–H groups in total. The predicted molar refractivity (Wildman–Crippen MR) is 79.2 cm³/mol. The van der Waals surface area contributed by atoms with Crippen molar-refractivity contribution in [3.05, 3.63) is 40.9 Å². The summed E-state index contributed by atoms with van der Waals surface area (Å²) in [6.07, 6.45) is 1.17. The molecule has 2 heterocycles. The van der Waals surface area contributed by atoms with Gasteiger partial charge in [-0.25, -0.2) is 24.0 Å². The fourth-order valence-corrected chi connectivity index (χ4v) is 3.19. The molecule has 0 aliphatic rings. The SMILES string of the molecule is Cc1ccc(C(C)NS(=O)(=O)c2cnc(NN)c(Cl)c2)o1. The van der Waals surface area contributed by atoms with E-state index in [0.717, 1.165) is 0 Å². The van der Waals surface area contributed by atoms with Crippen LogP contribution in [0.1, 0.15) is 24.5 Å². The Hall–Kier alpha value is -1.61. The lowest BCUT2D eigenvalue weighted by molar-refractivity contribution is 0.441. The topological polar surface area (TPSA) is 110 Å². The molecule has 2 aromatic rings. The van der Waals surface area contributed by atoms with Gasteiger partial charge in [0, 0.05) is 6.20 Å². The number of nitrogens with two attached hydrogens (primary N) is 1. The van der Waals surface area contributed by atoms with E-state index in [0.29, 0.717) is 11.5 Å². The first-order chi connectivity index (χ1) is 9.83. The van der Waals surface area contributed by atoms with Crippen LogP contribution in [0.4, 0.5) is 5.82 Å². The fourth-order valence-electron chi connectivity index (χ4n) is 1.72. The number of nitrogens with zero attached hydrogens (tertiary/aromatic N) is 1. The Bertz CT molecular complexity index is 745. The molecular formula is C12H15ClN4O3S. The van der Waals surface area contributed by atoms with E-state index in [-0.39, 0.29) is 15.7 Å². The summed E-state index contributed by atoms with van der Waals surface area (Å²) in [6, 6.07) is 4.23. The maximum Gasteiger partial charge on any atom is 0.242 e. The van der Waals surface area contributed by atoms with Gasteiger partial charge in [0.05, 0.1) is 11.1 Å². The highest BCUT2D eigenvalue weighted by atomic mass is 35.5. The van der Waals surface area contributed by atoms with Crippen LogP contribution in [0.3, 0.4) is 0 Å². The lowest BCUT2D eigenvalue weighted by atomic mass is 10.3. The molecule has 1 unspecified atom stereocenters. The molecule has 0 spiro atoms. The van der Waals surface area contributed by atoms with Crippen LogP contribution in [0.25, 0.3) is 0 Å². The maximum atomic E-state index is 12.3. The number of aryl methyl sites for hydroxylation is 1. The first kappa shape index (κ1) is 15.8. The largest absolute Gasteiger partial charge is 0.465 e. The summed E-state index contributed by atoms with van der Waals surface area (Å²) >= 11 is 5.88. The van der Waals surface area contributed by atoms with Gasteiger partial charge in [0.25, 0.3) is 0 Å². The number of hydrogen-bond donors (Lipinski definition) is 3. The number of aromatic nitrogens is 1. The van der Waals surface area contributed by atoms with Crippen molar-refractivity contribution in [2.24, 2.45) is 5.84 Å². The molecule has 0 aliphatic heterocycles. The van der Waals surface area contributed by atoms with Gasteiger partial charge in [-0.15, -0.1) is 0 Å². The molecule has 0 saturated carbocycles. The quantitative estimate of drug-likeness (QED) is 0.571. The van der Waals surface area contributed by atoms with Crippen LogP contribution in [0.15, 0.2) is 33.7 Å². The van der Waals surface area contributed by atoms with Gasteiger partial charge in [0.15, 0.2) is 5.82 Å². The summed E-state index contributed by atoms with van der Waals surface area (Å²) in [6.45, 7) is 3.47. The Morgan fingerprint density at radius 3 is 2.67 bits per heavy atom. The zero-order valence-corrected chi connectivity index (χ0v) is 13.0. The number of pyridine rings is 1. The monoisotopic (exact) mass is 330 g/mol. The third-order valence-electron chi connectivity index (χ3n) is 2.78. The number of furan rings is 1. The molecule has 0 saturated heterocycles. The predicted octanol–water partition coefficient (Wildman–Crippen LogP) is 1.96. The summed E-state index contributed by atoms with van der Waals surface area (Å²) in [7, 11) is -3.77. The number of nitrogens with one attached hydrogen (secondary N) is 2. The van der Waals surface area contributed by atoms with Crippen LogP contribution in [-0.4, -0.2) is 13.4 Å². The minimum atomic E-state index is -3.77. The Morgan fingerprint density at radius 2 is 2.14 bits per heavy atom. The van der Waals surface area contributed by atoms with Crippen LogP contribution in [0, 0.1) is 6.92 Å². The number of rotatable bonds is 5. The number of hydrazine groups is 1. The van der Waals surface area contributed by atoms with E-state index >= 15 is 0 Å². The average Bonchev–Trinajstić information content (AvgIpc) is 2.85. The van der Waals surface area contributed by atoms with E-state index in [1.54, 1.807) is 26.0 Å². The Labute approximate surface area is 127 Å². The first-order valence-electron chi connectivity index (χ1n) is 6.04. The molecule has 7 nitrogen and oxygen atoms in total. The van der Waals surface area contributed by atoms with E-state index in [2.05, 4.69) is 15.1 Å². The van der Waals surface area contributed by atoms with Crippen molar-refractivity contribution in [2.75, 3.05) is 5.43 Å². The van der Waals surface area contributed by atoms with Crippen LogP contribution in [-0.2, 0) is 10.0 Å². The standard InChI is InChI=1S/C12H15ClN4O3S/c1-7-3-4-11(20-7)8(2)17-21(18,19)9-5-10(13)12(16-14)15-6-9/h3-6,8,17H,14H2,1-2H3,(H,15,16). The minimum Gasteiger partial charge on any atom is -0.465 e. The molecule has 0 fully saturated rings. The molecule has 21 heavy (non-hydrogen) atoms. The van der Waals surface area contributed by atoms with Crippen LogP contribution >= 0.6 is 11.6 Å². The Kier molecular flexibility index (Phi) is 4.52. The van der Waals surface area contributed by atoms with Crippen molar-refractivity contribution >= 4 is 27.4 Å². The highest BCUT2D eigenvalue weighted by molar-refractivity contribution is 7.89. The first-order valence-corrected chi connectivity index (χ1v) is 7.90. The number of sulfonamides is 1. The van der Waals surface area contributed by atoms with Crippen LogP contribution in [0.2, 0.25) is 5.02 Å². The van der Waals surface area contributed by atoms with Gasteiger partial charge in [-0.1, -0.05) is 11.6 Å². The van der Waals surface area contributed by atoms with Gasteiger partial charge in [0.1, 0.15) is 16.4 Å². The zero-order chi connectivity index (χ0) is 15.6. The van der Waals surface area contributed by atoms with Crippen molar-refractivity contribution in [2.45, 2.75) is 24.8 Å².